The Morgan fingerprint density at radius 3 is 2.58 bits per heavy atom. The third-order valence-electron chi connectivity index (χ3n) is 2.85. The van der Waals surface area contributed by atoms with Gasteiger partial charge in [0.2, 0.25) is 0 Å². The molecule has 0 unspecified atom stereocenters. The zero-order valence-electron chi connectivity index (χ0n) is 10.4. The van der Waals surface area contributed by atoms with Crippen molar-refractivity contribution in [1.82, 2.24) is 0 Å². The minimum atomic E-state index is 0.528. The molecule has 0 aliphatic rings. The van der Waals surface area contributed by atoms with Crippen molar-refractivity contribution in [3.05, 3.63) is 63.6 Å². The number of hydrogen-bond donors (Lipinski definition) is 2. The third kappa shape index (κ3) is 3.57. The summed E-state index contributed by atoms with van der Waals surface area (Å²) < 4.78 is 0.890. The fourth-order valence-electron chi connectivity index (χ4n) is 1.88. The van der Waals surface area contributed by atoms with Crippen molar-refractivity contribution in [2.45, 2.75) is 13.1 Å². The van der Waals surface area contributed by atoms with Crippen molar-refractivity contribution in [2.24, 2.45) is 5.73 Å². The van der Waals surface area contributed by atoms with E-state index in [-0.39, 0.29) is 0 Å². The summed E-state index contributed by atoms with van der Waals surface area (Å²) in [7, 11) is 0. The van der Waals surface area contributed by atoms with Crippen LogP contribution < -0.4 is 11.1 Å². The van der Waals surface area contributed by atoms with Gasteiger partial charge in [0.25, 0.3) is 0 Å². The average molecular weight is 316 g/mol. The van der Waals surface area contributed by atoms with E-state index in [9.17, 15) is 0 Å². The topological polar surface area (TPSA) is 61.8 Å². The van der Waals surface area contributed by atoms with Crippen LogP contribution in [0.3, 0.4) is 0 Å². The lowest BCUT2D eigenvalue weighted by atomic mass is 10.1. The Labute approximate surface area is 121 Å². The van der Waals surface area contributed by atoms with Gasteiger partial charge < -0.3 is 11.1 Å². The van der Waals surface area contributed by atoms with Crippen molar-refractivity contribution in [2.75, 3.05) is 5.32 Å². The van der Waals surface area contributed by atoms with Gasteiger partial charge in [-0.15, -0.1) is 0 Å². The van der Waals surface area contributed by atoms with Crippen LogP contribution in [0, 0.1) is 11.3 Å². The van der Waals surface area contributed by atoms with Gasteiger partial charge in [0, 0.05) is 23.2 Å². The van der Waals surface area contributed by atoms with Gasteiger partial charge in [0.05, 0.1) is 11.6 Å². The second-order valence-corrected chi connectivity index (χ2v) is 5.08. The van der Waals surface area contributed by atoms with E-state index in [1.807, 2.05) is 30.3 Å². The zero-order chi connectivity index (χ0) is 13.7. The number of nitrogens with two attached hydrogens (primary N) is 1. The van der Waals surface area contributed by atoms with Crippen LogP contribution in [-0.2, 0) is 13.1 Å². The maximum atomic E-state index is 8.94. The number of nitrogens with zero attached hydrogens (tertiary/aromatic N) is 1. The van der Waals surface area contributed by atoms with Crippen LogP contribution in [-0.4, -0.2) is 0 Å². The van der Waals surface area contributed by atoms with Gasteiger partial charge in [-0.2, -0.15) is 5.26 Å². The van der Waals surface area contributed by atoms with E-state index in [1.165, 1.54) is 5.56 Å². The van der Waals surface area contributed by atoms with Gasteiger partial charge in [-0.1, -0.05) is 40.2 Å². The van der Waals surface area contributed by atoms with E-state index in [2.05, 4.69) is 33.4 Å². The molecule has 4 heteroatoms. The summed E-state index contributed by atoms with van der Waals surface area (Å²) in [5, 5.41) is 12.3. The lowest BCUT2D eigenvalue weighted by Gasteiger charge is -2.10. The highest BCUT2D eigenvalue weighted by molar-refractivity contribution is 9.10. The Kier molecular flexibility index (Phi) is 4.56. The molecule has 0 radical (unpaired) electrons. The quantitative estimate of drug-likeness (QED) is 0.909. The van der Waals surface area contributed by atoms with Crippen LogP contribution in [0.2, 0.25) is 0 Å². The Morgan fingerprint density at radius 2 is 1.89 bits per heavy atom. The predicted octanol–water partition coefficient (Wildman–Crippen LogP) is 3.39. The van der Waals surface area contributed by atoms with E-state index < -0.39 is 0 Å². The standard InChI is InChI=1S/C15H14BrN3/c16-14-5-11(8-17)6-15(7-14)19-10-13-4-2-1-3-12(13)9-18/h1-7,19H,9-10,18H2. The molecule has 0 aromatic heterocycles. The first-order chi connectivity index (χ1) is 9.22. The molecule has 2 rings (SSSR count). The monoisotopic (exact) mass is 315 g/mol. The van der Waals surface area contributed by atoms with Crippen LogP contribution >= 0.6 is 15.9 Å². The maximum absolute atomic E-state index is 8.94. The molecule has 3 nitrogen and oxygen atoms in total. The Morgan fingerprint density at radius 1 is 1.16 bits per heavy atom. The number of benzene rings is 2. The number of anilines is 1. The molecule has 0 amide bonds. The summed E-state index contributed by atoms with van der Waals surface area (Å²) in [5.41, 5.74) is 9.55. The minimum absolute atomic E-state index is 0.528. The zero-order valence-corrected chi connectivity index (χ0v) is 11.9. The molecule has 19 heavy (non-hydrogen) atoms. The number of hydrogen-bond acceptors (Lipinski definition) is 3. The largest absolute Gasteiger partial charge is 0.381 e. The van der Waals surface area contributed by atoms with Crippen LogP contribution in [0.15, 0.2) is 46.9 Å². The maximum Gasteiger partial charge on any atom is 0.0992 e. The van der Waals surface area contributed by atoms with Gasteiger partial charge in [0.1, 0.15) is 0 Å². The Hall–Kier alpha value is -1.83. The molecule has 0 spiro atoms. The summed E-state index contributed by atoms with van der Waals surface area (Å²) in [5.74, 6) is 0. The van der Waals surface area contributed by atoms with Crippen LogP contribution in [0.5, 0.6) is 0 Å². The summed E-state index contributed by atoms with van der Waals surface area (Å²) >= 11 is 3.40. The SMILES string of the molecule is N#Cc1cc(Br)cc(NCc2ccccc2CN)c1. The molecule has 0 aliphatic carbocycles. The molecular weight excluding hydrogens is 302 g/mol. The molecule has 0 saturated heterocycles. The molecule has 3 N–H and O–H groups in total. The average Bonchev–Trinajstić information content (AvgIpc) is 2.44. The summed E-state index contributed by atoms with van der Waals surface area (Å²) in [6.45, 7) is 1.22. The van der Waals surface area contributed by atoms with Crippen LogP contribution in [0.25, 0.3) is 0 Å². The van der Waals surface area contributed by atoms with Crippen LogP contribution in [0.4, 0.5) is 5.69 Å². The summed E-state index contributed by atoms with van der Waals surface area (Å²) in [4.78, 5) is 0. The first kappa shape index (κ1) is 13.6. The lowest BCUT2D eigenvalue weighted by molar-refractivity contribution is 1.01. The van der Waals surface area contributed by atoms with Gasteiger partial charge in [-0.05, 0) is 29.3 Å². The van der Waals surface area contributed by atoms with E-state index in [1.54, 1.807) is 6.07 Å². The molecule has 96 valence electrons. The molecule has 0 heterocycles. The highest BCUT2D eigenvalue weighted by atomic mass is 79.9. The number of rotatable bonds is 4. The second-order valence-electron chi connectivity index (χ2n) is 4.17. The van der Waals surface area contributed by atoms with Crippen molar-refractivity contribution < 1.29 is 0 Å². The van der Waals surface area contributed by atoms with Crippen molar-refractivity contribution in [3.8, 4) is 6.07 Å². The van der Waals surface area contributed by atoms with Crippen molar-refractivity contribution >= 4 is 21.6 Å². The van der Waals surface area contributed by atoms with E-state index in [0.29, 0.717) is 18.7 Å². The van der Waals surface area contributed by atoms with Gasteiger partial charge >= 0.3 is 0 Å². The highest BCUT2D eigenvalue weighted by Crippen LogP contribution is 2.20. The first-order valence-electron chi connectivity index (χ1n) is 5.94. The Bertz CT molecular complexity index is 617. The van der Waals surface area contributed by atoms with E-state index in [0.717, 1.165) is 15.7 Å². The molecule has 0 saturated carbocycles. The molecule has 0 fully saturated rings. The molecule has 0 bridgehead atoms. The smallest absolute Gasteiger partial charge is 0.0992 e. The number of nitrogens with one attached hydrogen (secondary N) is 1. The lowest BCUT2D eigenvalue weighted by Crippen LogP contribution is -2.06. The molecule has 0 atom stereocenters. The molecular formula is C15H14BrN3. The van der Waals surface area contributed by atoms with Crippen LogP contribution in [0.1, 0.15) is 16.7 Å². The van der Waals surface area contributed by atoms with Gasteiger partial charge in [-0.25, -0.2) is 0 Å². The molecule has 0 aliphatic heterocycles. The third-order valence-corrected chi connectivity index (χ3v) is 3.31. The van der Waals surface area contributed by atoms with Crippen molar-refractivity contribution in [3.63, 3.8) is 0 Å². The second kappa shape index (κ2) is 6.37. The van der Waals surface area contributed by atoms with E-state index >= 15 is 0 Å². The summed E-state index contributed by atoms with van der Waals surface area (Å²) in [6.07, 6.45) is 0. The van der Waals surface area contributed by atoms with Gasteiger partial charge in [0.15, 0.2) is 0 Å². The summed E-state index contributed by atoms with van der Waals surface area (Å²) in [6, 6.07) is 15.8. The van der Waals surface area contributed by atoms with Gasteiger partial charge in [-0.3, -0.25) is 0 Å². The molecule has 2 aromatic carbocycles. The first-order valence-corrected chi connectivity index (χ1v) is 6.73. The van der Waals surface area contributed by atoms with Crippen molar-refractivity contribution in [1.29, 1.82) is 5.26 Å². The minimum Gasteiger partial charge on any atom is -0.381 e. The fourth-order valence-corrected chi connectivity index (χ4v) is 2.38. The molecule has 2 aromatic rings. The number of nitriles is 1. The fraction of sp³-hybridized carbons (Fsp3) is 0.133. The Balaban J connectivity index is 2.15. The highest BCUT2D eigenvalue weighted by Gasteiger charge is 2.02. The predicted molar refractivity (Wildman–Crippen MR) is 80.5 cm³/mol. The normalized spacial score (nSPS) is 9.95. The number of halogens is 1. The van der Waals surface area contributed by atoms with E-state index in [4.69, 9.17) is 11.0 Å².